The van der Waals surface area contributed by atoms with Gasteiger partial charge < -0.3 is 10.1 Å². The third kappa shape index (κ3) is 4.67. The first-order valence-electron chi connectivity index (χ1n) is 8.86. The van der Waals surface area contributed by atoms with Gasteiger partial charge in [-0.15, -0.1) is 0 Å². The Morgan fingerprint density at radius 1 is 1.11 bits per heavy atom. The molecule has 2 rings (SSSR count). The van der Waals surface area contributed by atoms with E-state index < -0.39 is 10.0 Å². The molecule has 0 aromatic heterocycles. The first-order valence-corrected chi connectivity index (χ1v) is 10.3. The van der Waals surface area contributed by atoms with E-state index in [2.05, 4.69) is 5.32 Å². The number of ether oxygens (including phenoxy) is 1. The van der Waals surface area contributed by atoms with Crippen LogP contribution >= 0.6 is 0 Å². The Balaban J connectivity index is 2.26. The summed E-state index contributed by atoms with van der Waals surface area (Å²) in [6, 6.07) is 12.1. The van der Waals surface area contributed by atoms with E-state index in [4.69, 9.17) is 4.74 Å². The molecule has 0 bridgehead atoms. The molecule has 0 radical (unpaired) electrons. The van der Waals surface area contributed by atoms with Gasteiger partial charge in [0, 0.05) is 30.8 Å². The lowest BCUT2D eigenvalue weighted by Crippen LogP contribution is -2.31. The van der Waals surface area contributed by atoms with Crippen molar-refractivity contribution in [2.24, 2.45) is 0 Å². The van der Waals surface area contributed by atoms with Gasteiger partial charge in [-0.05, 0) is 30.7 Å². The summed E-state index contributed by atoms with van der Waals surface area (Å²) in [6.07, 6.45) is 0. The van der Waals surface area contributed by atoms with Crippen molar-refractivity contribution < 1.29 is 17.9 Å². The molecule has 0 fully saturated rings. The van der Waals surface area contributed by atoms with Gasteiger partial charge in [-0.1, -0.05) is 38.1 Å². The molecule has 0 aliphatic heterocycles. The van der Waals surface area contributed by atoms with Gasteiger partial charge in [-0.3, -0.25) is 4.79 Å². The van der Waals surface area contributed by atoms with Gasteiger partial charge >= 0.3 is 0 Å². The molecule has 0 saturated carbocycles. The Kier molecular flexibility index (Phi) is 6.98. The van der Waals surface area contributed by atoms with Crippen LogP contribution < -0.4 is 10.1 Å². The maximum Gasteiger partial charge on any atom is 0.251 e. The van der Waals surface area contributed by atoms with E-state index in [0.717, 1.165) is 5.56 Å². The van der Waals surface area contributed by atoms with Crippen LogP contribution in [0.25, 0.3) is 0 Å². The van der Waals surface area contributed by atoms with Crippen LogP contribution in [0.3, 0.4) is 0 Å². The van der Waals surface area contributed by atoms with E-state index in [0.29, 0.717) is 30.0 Å². The zero-order chi connectivity index (χ0) is 20.0. The highest BCUT2D eigenvalue weighted by Crippen LogP contribution is 2.21. The molecule has 0 heterocycles. The van der Waals surface area contributed by atoms with Crippen LogP contribution in [0.2, 0.25) is 0 Å². The number of benzene rings is 2. The third-order valence-electron chi connectivity index (χ3n) is 4.43. The largest absolute Gasteiger partial charge is 0.496 e. The molecule has 0 aliphatic rings. The minimum atomic E-state index is -3.62. The Labute approximate surface area is 161 Å². The molecule has 1 N–H and O–H groups in total. The molecule has 7 heteroatoms. The summed E-state index contributed by atoms with van der Waals surface area (Å²) in [5.74, 6) is 0.363. The highest BCUT2D eigenvalue weighted by atomic mass is 32.2. The van der Waals surface area contributed by atoms with Crippen molar-refractivity contribution in [3.8, 4) is 5.75 Å². The second-order valence-corrected chi connectivity index (χ2v) is 8.00. The third-order valence-corrected chi connectivity index (χ3v) is 6.47. The van der Waals surface area contributed by atoms with E-state index in [1.165, 1.54) is 10.4 Å². The van der Waals surface area contributed by atoms with Crippen LogP contribution in [-0.4, -0.2) is 38.8 Å². The summed E-state index contributed by atoms with van der Waals surface area (Å²) in [5, 5.41) is 2.84. The SMILES string of the molecule is CCN(CC)S(=O)(=O)c1ccc(C)c(C(=O)NCc2ccccc2OC)c1. The number of nitrogens with one attached hydrogen (secondary N) is 1. The number of methoxy groups -OCH3 is 1. The van der Waals surface area contributed by atoms with Crippen LogP contribution in [-0.2, 0) is 16.6 Å². The van der Waals surface area contributed by atoms with Crippen LogP contribution in [0.1, 0.15) is 35.3 Å². The van der Waals surface area contributed by atoms with E-state index in [1.54, 1.807) is 40.0 Å². The van der Waals surface area contributed by atoms with Crippen molar-refractivity contribution in [3.63, 3.8) is 0 Å². The fourth-order valence-electron chi connectivity index (χ4n) is 2.84. The molecular weight excluding hydrogens is 364 g/mol. The van der Waals surface area contributed by atoms with Gasteiger partial charge in [0.25, 0.3) is 5.91 Å². The second-order valence-electron chi connectivity index (χ2n) is 6.06. The predicted molar refractivity (Wildman–Crippen MR) is 105 cm³/mol. The molecule has 0 spiro atoms. The quantitative estimate of drug-likeness (QED) is 0.752. The number of sulfonamides is 1. The summed E-state index contributed by atoms with van der Waals surface area (Å²) < 4.78 is 32.1. The van der Waals surface area contributed by atoms with E-state index in [9.17, 15) is 13.2 Å². The van der Waals surface area contributed by atoms with Crippen molar-refractivity contribution in [2.75, 3.05) is 20.2 Å². The maximum absolute atomic E-state index is 12.7. The molecular formula is C20H26N2O4S. The number of nitrogens with zero attached hydrogens (tertiary/aromatic N) is 1. The van der Waals surface area contributed by atoms with Crippen LogP contribution in [0.4, 0.5) is 0 Å². The Bertz CT molecular complexity index is 906. The molecule has 0 saturated heterocycles. The van der Waals surface area contributed by atoms with Gasteiger partial charge in [-0.25, -0.2) is 8.42 Å². The van der Waals surface area contributed by atoms with Gasteiger partial charge in [0.1, 0.15) is 5.75 Å². The molecule has 2 aromatic rings. The lowest BCUT2D eigenvalue weighted by molar-refractivity contribution is 0.0950. The van der Waals surface area contributed by atoms with Gasteiger partial charge in [-0.2, -0.15) is 4.31 Å². The first kappa shape index (κ1) is 20.9. The standard InChI is InChI=1S/C20H26N2O4S/c1-5-22(6-2)27(24,25)17-12-11-15(3)18(13-17)20(23)21-14-16-9-7-8-10-19(16)26-4/h7-13H,5-6,14H2,1-4H3,(H,21,23). The Morgan fingerprint density at radius 2 is 1.78 bits per heavy atom. The van der Waals surface area contributed by atoms with E-state index in [1.807, 2.05) is 24.3 Å². The lowest BCUT2D eigenvalue weighted by Gasteiger charge is -2.19. The van der Waals surface area contributed by atoms with Gasteiger partial charge in [0.15, 0.2) is 0 Å². The van der Waals surface area contributed by atoms with Crippen molar-refractivity contribution >= 4 is 15.9 Å². The molecule has 0 atom stereocenters. The second kappa shape index (κ2) is 9.01. The molecule has 6 nitrogen and oxygen atoms in total. The number of rotatable bonds is 8. The minimum Gasteiger partial charge on any atom is -0.496 e. The van der Waals surface area contributed by atoms with E-state index in [-0.39, 0.29) is 17.3 Å². The zero-order valence-corrected chi connectivity index (χ0v) is 17.0. The average molecular weight is 391 g/mol. The van der Waals surface area contributed by atoms with Crippen LogP contribution in [0, 0.1) is 6.92 Å². The highest BCUT2D eigenvalue weighted by Gasteiger charge is 2.23. The fourth-order valence-corrected chi connectivity index (χ4v) is 4.32. The Morgan fingerprint density at radius 3 is 2.41 bits per heavy atom. The fraction of sp³-hybridized carbons (Fsp3) is 0.350. The minimum absolute atomic E-state index is 0.124. The maximum atomic E-state index is 12.7. The number of hydrogen-bond acceptors (Lipinski definition) is 4. The normalized spacial score (nSPS) is 11.4. The zero-order valence-electron chi connectivity index (χ0n) is 16.2. The number of aryl methyl sites for hydroxylation is 1. The molecule has 0 unspecified atom stereocenters. The van der Waals surface area contributed by atoms with Gasteiger partial charge in [0.2, 0.25) is 10.0 Å². The number of carbonyl (C=O) groups excluding carboxylic acids is 1. The van der Waals surface area contributed by atoms with Crippen molar-refractivity contribution in [1.82, 2.24) is 9.62 Å². The predicted octanol–water partition coefficient (Wildman–Crippen LogP) is 2.96. The van der Waals surface area contributed by atoms with Gasteiger partial charge in [0.05, 0.1) is 12.0 Å². The number of para-hydroxylation sites is 1. The van der Waals surface area contributed by atoms with Crippen LogP contribution in [0.5, 0.6) is 5.75 Å². The monoisotopic (exact) mass is 390 g/mol. The topological polar surface area (TPSA) is 75.7 Å². The summed E-state index contributed by atoms with van der Waals surface area (Å²) in [7, 11) is -2.04. The summed E-state index contributed by atoms with van der Waals surface area (Å²) >= 11 is 0. The molecule has 1 amide bonds. The molecule has 0 aliphatic carbocycles. The summed E-state index contributed by atoms with van der Waals surface area (Å²) in [4.78, 5) is 12.8. The summed E-state index contributed by atoms with van der Waals surface area (Å²) in [5.41, 5.74) is 1.90. The number of hydrogen-bond donors (Lipinski definition) is 1. The highest BCUT2D eigenvalue weighted by molar-refractivity contribution is 7.89. The van der Waals surface area contributed by atoms with Crippen molar-refractivity contribution in [1.29, 1.82) is 0 Å². The summed E-state index contributed by atoms with van der Waals surface area (Å²) in [6.45, 7) is 6.40. The molecule has 146 valence electrons. The van der Waals surface area contributed by atoms with E-state index >= 15 is 0 Å². The molecule has 2 aromatic carbocycles. The lowest BCUT2D eigenvalue weighted by atomic mass is 10.1. The molecule has 27 heavy (non-hydrogen) atoms. The first-order chi connectivity index (χ1) is 12.8. The van der Waals surface area contributed by atoms with Crippen molar-refractivity contribution in [3.05, 3.63) is 59.2 Å². The van der Waals surface area contributed by atoms with Crippen LogP contribution in [0.15, 0.2) is 47.4 Å². The van der Waals surface area contributed by atoms with Crippen molar-refractivity contribution in [2.45, 2.75) is 32.2 Å². The number of amides is 1. The Hall–Kier alpha value is -2.38. The number of carbonyl (C=O) groups is 1. The average Bonchev–Trinajstić information content (AvgIpc) is 2.67. The smallest absolute Gasteiger partial charge is 0.251 e.